The van der Waals surface area contributed by atoms with Crippen LogP contribution >= 0.6 is 54.5 Å². The van der Waals surface area contributed by atoms with E-state index in [1.807, 2.05) is 24.3 Å². The molecule has 1 aliphatic rings. The van der Waals surface area contributed by atoms with Crippen molar-refractivity contribution in [2.75, 3.05) is 13.7 Å². The number of imide groups is 1. The van der Waals surface area contributed by atoms with Gasteiger partial charge in [-0.25, -0.2) is 9.69 Å². The maximum Gasteiger partial charge on any atom is 0.329 e. The van der Waals surface area contributed by atoms with Crippen molar-refractivity contribution in [3.05, 3.63) is 65.7 Å². The van der Waals surface area contributed by atoms with E-state index in [0.717, 1.165) is 14.0 Å². The summed E-state index contributed by atoms with van der Waals surface area (Å²) in [6, 6.07) is 10.9. The van der Waals surface area contributed by atoms with Crippen LogP contribution in [0.15, 0.2) is 51.0 Å². The van der Waals surface area contributed by atoms with Crippen molar-refractivity contribution in [2.24, 2.45) is 0 Å². The third-order valence-electron chi connectivity index (χ3n) is 4.11. The third kappa shape index (κ3) is 5.41. The van der Waals surface area contributed by atoms with Crippen molar-refractivity contribution in [3.8, 4) is 5.75 Å². The number of esters is 1. The van der Waals surface area contributed by atoms with Crippen molar-refractivity contribution in [1.29, 1.82) is 0 Å². The molecule has 2 aromatic carbocycles. The van der Waals surface area contributed by atoms with Gasteiger partial charge < -0.3 is 14.8 Å². The van der Waals surface area contributed by atoms with E-state index in [2.05, 4.69) is 64.5 Å². The number of ether oxygens (including phenoxy) is 2. The molecule has 30 heavy (non-hydrogen) atoms. The highest BCUT2D eigenvalue weighted by molar-refractivity contribution is 14.1. The summed E-state index contributed by atoms with van der Waals surface area (Å²) < 4.78 is 12.9. The highest BCUT2D eigenvalue weighted by atomic mass is 127. The summed E-state index contributed by atoms with van der Waals surface area (Å²) in [5.41, 5.74) is 1.75. The number of carbonyl (C=O) groups excluding carboxylic acids is 3. The molecule has 0 aromatic heterocycles. The largest absolute Gasteiger partial charge is 0.487 e. The van der Waals surface area contributed by atoms with Crippen molar-refractivity contribution < 1.29 is 23.9 Å². The van der Waals surface area contributed by atoms with E-state index >= 15 is 0 Å². The van der Waals surface area contributed by atoms with Crippen molar-refractivity contribution in [1.82, 2.24) is 10.2 Å². The molecule has 0 unspecified atom stereocenters. The van der Waals surface area contributed by atoms with Crippen LogP contribution in [0.2, 0.25) is 0 Å². The van der Waals surface area contributed by atoms with Crippen molar-refractivity contribution >= 4 is 78.4 Å². The van der Waals surface area contributed by atoms with Crippen LogP contribution in [0.3, 0.4) is 0 Å². The minimum atomic E-state index is -0.681. The summed E-state index contributed by atoms with van der Waals surface area (Å²) in [7, 11) is 1.19. The monoisotopic (exact) mass is 648 g/mol. The van der Waals surface area contributed by atoms with Crippen LogP contribution in [0.5, 0.6) is 5.75 Å². The zero-order chi connectivity index (χ0) is 21.8. The number of nitrogens with zero attached hydrogens (tertiary/aromatic N) is 1. The molecular weight excluding hydrogens is 635 g/mol. The van der Waals surface area contributed by atoms with Gasteiger partial charge in [-0.3, -0.25) is 9.59 Å². The van der Waals surface area contributed by atoms with Crippen LogP contribution < -0.4 is 10.1 Å². The third-order valence-corrected chi connectivity index (χ3v) is 6.00. The zero-order valence-electron chi connectivity index (χ0n) is 15.6. The smallest absolute Gasteiger partial charge is 0.329 e. The summed E-state index contributed by atoms with van der Waals surface area (Å²) in [5, 5.41) is 2.46. The Balaban J connectivity index is 1.76. The molecule has 156 valence electrons. The summed E-state index contributed by atoms with van der Waals surface area (Å²) >= 11 is 9.21. The van der Waals surface area contributed by atoms with E-state index in [1.54, 1.807) is 12.1 Å². The second kappa shape index (κ2) is 9.92. The van der Waals surface area contributed by atoms with Gasteiger partial charge in [0.05, 0.1) is 16.1 Å². The predicted octanol–water partition coefficient (Wildman–Crippen LogP) is 4.46. The number of benzene rings is 2. The minimum absolute atomic E-state index is 0.0651. The first-order valence-corrected chi connectivity index (χ1v) is 11.2. The Hall–Kier alpha value is -1.92. The topological polar surface area (TPSA) is 84.9 Å². The molecule has 0 atom stereocenters. The summed E-state index contributed by atoms with van der Waals surface area (Å²) in [6.07, 6.45) is 1.52. The standard InChI is InChI=1S/C20H15Br2IN2O5/c1-29-17(26)9-25-19(27)16(24-20(25)28)8-12-6-14(21)18(15(22)7-12)30-10-11-2-4-13(23)5-3-11/h2-8H,9-10H2,1H3,(H,24,28)/b16-8+. The number of nitrogens with one attached hydrogen (secondary N) is 1. The molecule has 0 spiro atoms. The van der Waals surface area contributed by atoms with Crippen LogP contribution in [0.25, 0.3) is 6.08 Å². The predicted molar refractivity (Wildman–Crippen MR) is 126 cm³/mol. The molecule has 0 bridgehead atoms. The molecule has 1 heterocycles. The van der Waals surface area contributed by atoms with Gasteiger partial charge in [0.2, 0.25) is 0 Å². The van der Waals surface area contributed by atoms with Gasteiger partial charge in [0, 0.05) is 3.57 Å². The first-order chi connectivity index (χ1) is 14.3. The van der Waals surface area contributed by atoms with Crippen LogP contribution in [0.4, 0.5) is 4.79 Å². The Morgan fingerprint density at radius 1 is 1.17 bits per heavy atom. The molecule has 1 saturated heterocycles. The lowest BCUT2D eigenvalue weighted by Crippen LogP contribution is -2.36. The van der Waals surface area contributed by atoms with Crippen LogP contribution in [0.1, 0.15) is 11.1 Å². The fraction of sp³-hybridized carbons (Fsp3) is 0.150. The quantitative estimate of drug-likeness (QED) is 0.216. The molecule has 10 heteroatoms. The maximum atomic E-state index is 12.4. The lowest BCUT2D eigenvalue weighted by molar-refractivity contribution is -0.143. The summed E-state index contributed by atoms with van der Waals surface area (Å²) in [5.74, 6) is -0.665. The maximum absolute atomic E-state index is 12.4. The zero-order valence-corrected chi connectivity index (χ0v) is 20.9. The number of rotatable bonds is 6. The van der Waals surface area contributed by atoms with E-state index < -0.39 is 24.5 Å². The van der Waals surface area contributed by atoms with Gasteiger partial charge in [-0.1, -0.05) is 12.1 Å². The molecule has 3 rings (SSSR count). The van der Waals surface area contributed by atoms with Gasteiger partial charge in [-0.15, -0.1) is 0 Å². The van der Waals surface area contributed by atoms with E-state index in [4.69, 9.17) is 4.74 Å². The Morgan fingerprint density at radius 3 is 2.40 bits per heavy atom. The molecule has 1 N–H and O–H groups in total. The van der Waals surface area contributed by atoms with Crippen molar-refractivity contribution in [2.45, 2.75) is 6.61 Å². The van der Waals surface area contributed by atoms with Gasteiger partial charge in [0.1, 0.15) is 24.6 Å². The minimum Gasteiger partial charge on any atom is -0.487 e. The lowest BCUT2D eigenvalue weighted by Gasteiger charge is -2.12. The van der Waals surface area contributed by atoms with Crippen LogP contribution in [-0.2, 0) is 20.9 Å². The number of amides is 3. The average molecular weight is 650 g/mol. The number of hydrogen-bond acceptors (Lipinski definition) is 5. The average Bonchev–Trinajstić information content (AvgIpc) is 2.96. The molecule has 2 aromatic rings. The van der Waals surface area contributed by atoms with Gasteiger partial charge in [-0.05, 0) is 95.9 Å². The highest BCUT2D eigenvalue weighted by Crippen LogP contribution is 2.36. The fourth-order valence-corrected chi connectivity index (χ4v) is 4.42. The molecule has 3 amide bonds. The Labute approximate surface area is 203 Å². The molecule has 0 aliphatic carbocycles. The number of urea groups is 1. The number of halogens is 3. The number of methoxy groups -OCH3 is 1. The number of hydrogen-bond donors (Lipinski definition) is 1. The van der Waals surface area contributed by atoms with Gasteiger partial charge in [0.25, 0.3) is 5.91 Å². The highest BCUT2D eigenvalue weighted by Gasteiger charge is 2.35. The SMILES string of the molecule is COC(=O)CN1C(=O)N/C(=C/c2cc(Br)c(OCc3ccc(I)cc3)c(Br)c2)C1=O. The summed E-state index contributed by atoms with van der Waals surface area (Å²) in [4.78, 5) is 36.6. The van der Waals surface area contributed by atoms with Gasteiger partial charge in [-0.2, -0.15) is 0 Å². The molecular formula is C20H15Br2IN2O5. The normalized spacial score (nSPS) is 14.8. The fourth-order valence-electron chi connectivity index (χ4n) is 2.61. The second-order valence-corrected chi connectivity index (χ2v) is 9.14. The molecule has 1 fully saturated rings. The summed E-state index contributed by atoms with van der Waals surface area (Å²) in [6.45, 7) is -0.0528. The molecule has 1 aliphatic heterocycles. The molecule has 7 nitrogen and oxygen atoms in total. The van der Waals surface area contributed by atoms with Gasteiger partial charge >= 0.3 is 12.0 Å². The van der Waals surface area contributed by atoms with E-state index in [-0.39, 0.29) is 5.70 Å². The number of carbonyl (C=O) groups is 3. The Kier molecular flexibility index (Phi) is 7.53. The lowest BCUT2D eigenvalue weighted by atomic mass is 10.2. The van der Waals surface area contributed by atoms with Crippen LogP contribution in [-0.4, -0.2) is 36.5 Å². The first-order valence-electron chi connectivity index (χ1n) is 8.56. The van der Waals surface area contributed by atoms with E-state index in [9.17, 15) is 14.4 Å². The first kappa shape index (κ1) is 22.8. The van der Waals surface area contributed by atoms with Gasteiger partial charge in [0.15, 0.2) is 0 Å². The second-order valence-electron chi connectivity index (χ2n) is 6.18. The van der Waals surface area contributed by atoms with E-state index in [1.165, 1.54) is 13.2 Å². The van der Waals surface area contributed by atoms with Crippen molar-refractivity contribution in [3.63, 3.8) is 0 Å². The molecule has 0 radical (unpaired) electrons. The van der Waals surface area contributed by atoms with E-state index in [0.29, 0.717) is 26.9 Å². The van der Waals surface area contributed by atoms with Crippen LogP contribution in [0, 0.1) is 3.57 Å². The Morgan fingerprint density at radius 2 is 1.80 bits per heavy atom. The molecule has 0 saturated carbocycles. The Bertz CT molecular complexity index is 1020.